The molecule has 0 bridgehead atoms. The summed E-state index contributed by atoms with van der Waals surface area (Å²) in [6.45, 7) is 2.63. The van der Waals surface area contributed by atoms with Crippen molar-refractivity contribution in [3.8, 4) is 0 Å². The van der Waals surface area contributed by atoms with E-state index in [4.69, 9.17) is 0 Å². The van der Waals surface area contributed by atoms with E-state index in [1.165, 1.54) is 17.7 Å². The van der Waals surface area contributed by atoms with Crippen LogP contribution in [0.15, 0.2) is 54.6 Å². The average Bonchev–Trinajstić information content (AvgIpc) is 2.47. The highest BCUT2D eigenvalue weighted by Crippen LogP contribution is 2.09. The number of amides is 1. The quantitative estimate of drug-likeness (QED) is 0.865. The molecule has 0 saturated heterocycles. The van der Waals surface area contributed by atoms with Gasteiger partial charge >= 0.3 is 0 Å². The highest BCUT2D eigenvalue weighted by Gasteiger charge is 2.22. The predicted molar refractivity (Wildman–Crippen MR) is 81.5 cm³/mol. The SMILES string of the molecule is C[C@@H](C(=O)Nc1cccc(F)c1)[NH+](C)Cc1ccccc1. The van der Waals surface area contributed by atoms with Crippen LogP contribution in [-0.2, 0) is 11.3 Å². The molecule has 2 atom stereocenters. The first-order valence-electron chi connectivity index (χ1n) is 6.99. The van der Waals surface area contributed by atoms with E-state index >= 15 is 0 Å². The van der Waals surface area contributed by atoms with Gasteiger partial charge in [0.1, 0.15) is 12.4 Å². The molecular formula is C17H20FN2O+. The standard InChI is InChI=1S/C17H19FN2O/c1-13(20(2)12-14-7-4-3-5-8-14)17(21)19-16-10-6-9-15(18)11-16/h3-11,13H,12H2,1-2H3,(H,19,21)/p+1/t13-/m0/s1. The van der Waals surface area contributed by atoms with E-state index in [0.29, 0.717) is 5.69 Å². The van der Waals surface area contributed by atoms with Crippen LogP contribution in [0.2, 0.25) is 0 Å². The van der Waals surface area contributed by atoms with Crippen LogP contribution in [0.3, 0.4) is 0 Å². The summed E-state index contributed by atoms with van der Waals surface area (Å²) in [5.74, 6) is -0.473. The molecule has 0 fully saturated rings. The molecule has 0 radical (unpaired) electrons. The largest absolute Gasteiger partial charge is 0.324 e. The zero-order valence-corrected chi connectivity index (χ0v) is 12.3. The van der Waals surface area contributed by atoms with Crippen molar-refractivity contribution in [3.05, 3.63) is 66.0 Å². The van der Waals surface area contributed by atoms with Crippen molar-refractivity contribution >= 4 is 11.6 Å². The molecule has 0 aliphatic carbocycles. The Balaban J connectivity index is 1.95. The van der Waals surface area contributed by atoms with Crippen LogP contribution in [0.5, 0.6) is 0 Å². The van der Waals surface area contributed by atoms with Gasteiger partial charge < -0.3 is 10.2 Å². The van der Waals surface area contributed by atoms with E-state index < -0.39 is 0 Å². The van der Waals surface area contributed by atoms with E-state index in [0.717, 1.165) is 11.4 Å². The molecule has 2 aromatic carbocycles. The van der Waals surface area contributed by atoms with Crippen LogP contribution in [0.4, 0.5) is 10.1 Å². The second-order valence-electron chi connectivity index (χ2n) is 5.23. The molecule has 0 aliphatic rings. The zero-order valence-electron chi connectivity index (χ0n) is 12.3. The third kappa shape index (κ3) is 4.39. The second-order valence-corrected chi connectivity index (χ2v) is 5.23. The van der Waals surface area contributed by atoms with E-state index in [1.807, 2.05) is 44.3 Å². The Morgan fingerprint density at radius 2 is 1.90 bits per heavy atom. The van der Waals surface area contributed by atoms with Crippen LogP contribution < -0.4 is 10.2 Å². The summed E-state index contributed by atoms with van der Waals surface area (Å²) >= 11 is 0. The summed E-state index contributed by atoms with van der Waals surface area (Å²) in [7, 11) is 1.98. The molecular weight excluding hydrogens is 267 g/mol. The van der Waals surface area contributed by atoms with Crippen LogP contribution in [-0.4, -0.2) is 19.0 Å². The van der Waals surface area contributed by atoms with Gasteiger partial charge in [-0.25, -0.2) is 4.39 Å². The molecule has 21 heavy (non-hydrogen) atoms. The van der Waals surface area contributed by atoms with Crippen molar-refractivity contribution in [3.63, 3.8) is 0 Å². The molecule has 0 spiro atoms. The van der Waals surface area contributed by atoms with E-state index in [2.05, 4.69) is 5.32 Å². The smallest absolute Gasteiger partial charge is 0.282 e. The molecule has 0 aromatic heterocycles. The van der Waals surface area contributed by atoms with Gasteiger partial charge in [0, 0.05) is 11.3 Å². The first kappa shape index (κ1) is 15.2. The lowest BCUT2D eigenvalue weighted by atomic mass is 10.2. The van der Waals surface area contributed by atoms with Crippen molar-refractivity contribution < 1.29 is 14.1 Å². The summed E-state index contributed by atoms with van der Waals surface area (Å²) in [4.78, 5) is 13.3. The van der Waals surface area contributed by atoms with E-state index in [9.17, 15) is 9.18 Å². The van der Waals surface area contributed by atoms with Gasteiger partial charge in [-0.2, -0.15) is 0 Å². The number of hydrogen-bond donors (Lipinski definition) is 2. The first-order valence-corrected chi connectivity index (χ1v) is 6.99. The number of nitrogens with one attached hydrogen (secondary N) is 2. The number of benzene rings is 2. The van der Waals surface area contributed by atoms with Crippen molar-refractivity contribution in [1.82, 2.24) is 0 Å². The number of hydrogen-bond acceptors (Lipinski definition) is 1. The average molecular weight is 287 g/mol. The number of quaternary nitrogens is 1. The van der Waals surface area contributed by atoms with E-state index in [-0.39, 0.29) is 17.8 Å². The van der Waals surface area contributed by atoms with Crippen molar-refractivity contribution in [2.75, 3.05) is 12.4 Å². The van der Waals surface area contributed by atoms with Gasteiger partial charge in [0.05, 0.1) is 7.05 Å². The van der Waals surface area contributed by atoms with Gasteiger partial charge in [-0.3, -0.25) is 4.79 Å². The highest BCUT2D eigenvalue weighted by molar-refractivity contribution is 5.93. The summed E-state index contributed by atoms with van der Waals surface area (Å²) in [5, 5.41) is 2.75. The predicted octanol–water partition coefficient (Wildman–Crippen LogP) is 1.87. The summed E-state index contributed by atoms with van der Waals surface area (Å²) in [6.07, 6.45) is 0. The minimum Gasteiger partial charge on any atom is -0.324 e. The number of likely N-dealkylation sites (N-methyl/N-ethyl adjacent to an activating group) is 1. The van der Waals surface area contributed by atoms with Crippen LogP contribution in [0, 0.1) is 5.82 Å². The first-order chi connectivity index (χ1) is 10.1. The maximum Gasteiger partial charge on any atom is 0.282 e. The van der Waals surface area contributed by atoms with Crippen molar-refractivity contribution in [2.45, 2.75) is 19.5 Å². The van der Waals surface area contributed by atoms with E-state index in [1.54, 1.807) is 12.1 Å². The fourth-order valence-electron chi connectivity index (χ4n) is 2.11. The lowest BCUT2D eigenvalue weighted by molar-refractivity contribution is -0.907. The Bertz CT molecular complexity index is 601. The number of rotatable bonds is 5. The maximum absolute atomic E-state index is 13.1. The number of anilines is 1. The number of carbonyl (C=O) groups excluding carboxylic acids is 1. The maximum atomic E-state index is 13.1. The highest BCUT2D eigenvalue weighted by atomic mass is 19.1. The fraction of sp³-hybridized carbons (Fsp3) is 0.235. The lowest BCUT2D eigenvalue weighted by Gasteiger charge is -2.21. The Hall–Kier alpha value is -2.20. The summed E-state index contributed by atoms with van der Waals surface area (Å²) in [5.41, 5.74) is 1.67. The van der Waals surface area contributed by atoms with Gasteiger partial charge in [0.25, 0.3) is 5.91 Å². The number of halogens is 1. The second kappa shape index (κ2) is 6.99. The molecule has 0 aliphatic heterocycles. The molecule has 1 unspecified atom stereocenters. The van der Waals surface area contributed by atoms with Gasteiger partial charge in [-0.05, 0) is 25.1 Å². The third-order valence-corrected chi connectivity index (χ3v) is 3.55. The van der Waals surface area contributed by atoms with Crippen LogP contribution in [0.1, 0.15) is 12.5 Å². The summed E-state index contributed by atoms with van der Waals surface area (Å²) in [6, 6.07) is 15.7. The fourth-order valence-corrected chi connectivity index (χ4v) is 2.11. The topological polar surface area (TPSA) is 33.5 Å². The Morgan fingerprint density at radius 3 is 2.57 bits per heavy atom. The molecule has 110 valence electrons. The minimum absolute atomic E-state index is 0.117. The minimum atomic E-state index is -0.356. The molecule has 2 aromatic rings. The Morgan fingerprint density at radius 1 is 1.19 bits per heavy atom. The van der Waals surface area contributed by atoms with Crippen molar-refractivity contribution in [2.24, 2.45) is 0 Å². The Kier molecular flexibility index (Phi) is 5.06. The molecule has 2 rings (SSSR count). The molecule has 1 amide bonds. The van der Waals surface area contributed by atoms with Crippen molar-refractivity contribution in [1.29, 1.82) is 0 Å². The van der Waals surface area contributed by atoms with Gasteiger partial charge in [-0.15, -0.1) is 0 Å². The monoisotopic (exact) mass is 287 g/mol. The lowest BCUT2D eigenvalue weighted by Crippen LogP contribution is -3.12. The Labute approximate surface area is 124 Å². The molecule has 4 heteroatoms. The van der Waals surface area contributed by atoms with Crippen LogP contribution >= 0.6 is 0 Å². The molecule has 3 nitrogen and oxygen atoms in total. The normalized spacial score (nSPS) is 13.5. The third-order valence-electron chi connectivity index (χ3n) is 3.55. The molecule has 2 N–H and O–H groups in total. The molecule has 0 heterocycles. The van der Waals surface area contributed by atoms with Crippen LogP contribution in [0.25, 0.3) is 0 Å². The van der Waals surface area contributed by atoms with Gasteiger partial charge in [-0.1, -0.05) is 36.4 Å². The number of carbonyl (C=O) groups is 1. The summed E-state index contributed by atoms with van der Waals surface area (Å²) < 4.78 is 13.1. The zero-order chi connectivity index (χ0) is 15.2. The molecule has 0 saturated carbocycles. The van der Waals surface area contributed by atoms with Gasteiger partial charge in [0.15, 0.2) is 6.04 Å². The van der Waals surface area contributed by atoms with Gasteiger partial charge in [0.2, 0.25) is 0 Å².